The van der Waals surface area contributed by atoms with E-state index in [1.807, 2.05) is 0 Å². The molecule has 3 heteroatoms. The fraction of sp³-hybridized carbons (Fsp3) is 0.909. The number of Topliss-reactive ketones (excluding diaryl/α,β-unsaturated/α-hetero) is 1. The second kappa shape index (κ2) is 3.31. The van der Waals surface area contributed by atoms with Gasteiger partial charge in [0.25, 0.3) is 0 Å². The second-order valence-corrected chi connectivity index (χ2v) is 4.74. The molecule has 0 aromatic carbocycles. The number of hydrogen-bond acceptors (Lipinski definition) is 3. The molecule has 14 heavy (non-hydrogen) atoms. The molecule has 2 fully saturated rings. The highest BCUT2D eigenvalue weighted by Crippen LogP contribution is 2.53. The zero-order valence-electron chi connectivity index (χ0n) is 8.97. The molecule has 1 spiro atoms. The van der Waals surface area contributed by atoms with E-state index in [9.17, 15) is 4.79 Å². The van der Waals surface area contributed by atoms with E-state index in [1.54, 1.807) is 6.92 Å². The van der Waals surface area contributed by atoms with Crippen molar-refractivity contribution in [2.24, 2.45) is 5.41 Å². The summed E-state index contributed by atoms with van der Waals surface area (Å²) in [5.41, 5.74) is -0.102. The van der Waals surface area contributed by atoms with Crippen LogP contribution in [0.2, 0.25) is 0 Å². The van der Waals surface area contributed by atoms with E-state index in [0.717, 1.165) is 19.3 Å². The molecule has 1 saturated carbocycles. The van der Waals surface area contributed by atoms with Gasteiger partial charge in [-0.3, -0.25) is 0 Å². The Balaban J connectivity index is 2.19. The fourth-order valence-corrected chi connectivity index (χ4v) is 2.92. The van der Waals surface area contributed by atoms with Crippen LogP contribution in [0.3, 0.4) is 0 Å². The molecule has 0 amide bonds. The van der Waals surface area contributed by atoms with Gasteiger partial charge < -0.3 is 14.3 Å². The second-order valence-electron chi connectivity index (χ2n) is 4.74. The highest BCUT2D eigenvalue weighted by Gasteiger charge is 2.56. The predicted octanol–water partition coefficient (Wildman–Crippen LogP) is 1.90. The van der Waals surface area contributed by atoms with Gasteiger partial charge in [0.05, 0.1) is 13.2 Å². The first-order valence-electron chi connectivity index (χ1n) is 5.35. The van der Waals surface area contributed by atoms with Gasteiger partial charge in [-0.2, -0.15) is 0 Å². The summed E-state index contributed by atoms with van der Waals surface area (Å²) >= 11 is 0. The molecule has 0 aromatic heterocycles. The Bertz CT molecular complexity index is 237. The zero-order valence-corrected chi connectivity index (χ0v) is 8.97. The van der Waals surface area contributed by atoms with Crippen molar-refractivity contribution < 1.29 is 14.3 Å². The van der Waals surface area contributed by atoms with Crippen molar-refractivity contribution in [2.45, 2.75) is 45.3 Å². The van der Waals surface area contributed by atoms with Crippen LogP contribution >= 0.6 is 0 Å². The minimum Gasteiger partial charge on any atom is -0.347 e. The van der Waals surface area contributed by atoms with E-state index < -0.39 is 5.79 Å². The van der Waals surface area contributed by atoms with Gasteiger partial charge in [0.1, 0.15) is 5.78 Å². The molecule has 1 aliphatic carbocycles. The van der Waals surface area contributed by atoms with Crippen molar-refractivity contribution >= 4 is 5.78 Å². The average molecular weight is 198 g/mol. The number of carbonyl (C=O) groups excluding carboxylic acids is 1. The molecule has 80 valence electrons. The molecule has 2 aliphatic rings. The van der Waals surface area contributed by atoms with Crippen LogP contribution in [0.15, 0.2) is 0 Å². The summed E-state index contributed by atoms with van der Waals surface area (Å²) in [4.78, 5) is 11.2. The third kappa shape index (κ3) is 1.39. The lowest BCUT2D eigenvalue weighted by Gasteiger charge is -2.38. The normalized spacial score (nSPS) is 35.3. The maximum absolute atomic E-state index is 11.2. The Morgan fingerprint density at radius 2 is 1.93 bits per heavy atom. The molecule has 0 N–H and O–H groups in total. The van der Waals surface area contributed by atoms with Crippen molar-refractivity contribution in [3.8, 4) is 0 Å². The van der Waals surface area contributed by atoms with Crippen LogP contribution in [0.1, 0.15) is 39.5 Å². The van der Waals surface area contributed by atoms with E-state index in [0.29, 0.717) is 19.6 Å². The number of rotatable bonds is 2. The van der Waals surface area contributed by atoms with E-state index in [2.05, 4.69) is 6.92 Å². The number of ketones is 1. The summed E-state index contributed by atoms with van der Waals surface area (Å²) in [7, 11) is 0. The smallest absolute Gasteiger partial charge is 0.174 e. The molecule has 0 bridgehead atoms. The van der Waals surface area contributed by atoms with Gasteiger partial charge in [0.15, 0.2) is 5.79 Å². The Kier molecular flexibility index (Phi) is 2.40. The van der Waals surface area contributed by atoms with Gasteiger partial charge in [-0.15, -0.1) is 0 Å². The van der Waals surface area contributed by atoms with Crippen LogP contribution in [0.5, 0.6) is 0 Å². The Morgan fingerprint density at radius 1 is 1.29 bits per heavy atom. The molecule has 1 saturated heterocycles. The van der Waals surface area contributed by atoms with Gasteiger partial charge in [-0.05, 0) is 19.8 Å². The first kappa shape index (κ1) is 10.1. The fourth-order valence-electron chi connectivity index (χ4n) is 2.92. The van der Waals surface area contributed by atoms with Gasteiger partial charge in [0.2, 0.25) is 0 Å². The minimum atomic E-state index is -0.446. The number of carbonyl (C=O) groups is 1. The van der Waals surface area contributed by atoms with Crippen LogP contribution in [-0.4, -0.2) is 24.8 Å². The van der Waals surface area contributed by atoms with Crippen molar-refractivity contribution in [1.82, 2.24) is 0 Å². The largest absolute Gasteiger partial charge is 0.347 e. The van der Waals surface area contributed by atoms with Crippen molar-refractivity contribution in [3.63, 3.8) is 0 Å². The summed E-state index contributed by atoms with van der Waals surface area (Å²) in [5.74, 6) is -0.216. The SMILES string of the molecule is CC(=O)CC1(C)CCCC12OCCO2. The van der Waals surface area contributed by atoms with Crippen LogP contribution in [0, 0.1) is 5.41 Å². The van der Waals surface area contributed by atoms with E-state index in [4.69, 9.17) is 9.47 Å². The van der Waals surface area contributed by atoms with E-state index >= 15 is 0 Å². The summed E-state index contributed by atoms with van der Waals surface area (Å²) in [6.07, 6.45) is 3.65. The summed E-state index contributed by atoms with van der Waals surface area (Å²) < 4.78 is 11.5. The highest BCUT2D eigenvalue weighted by atomic mass is 16.7. The first-order chi connectivity index (χ1) is 6.58. The van der Waals surface area contributed by atoms with Crippen LogP contribution in [-0.2, 0) is 14.3 Å². The lowest BCUT2D eigenvalue weighted by atomic mass is 9.79. The topological polar surface area (TPSA) is 35.5 Å². The van der Waals surface area contributed by atoms with Crippen LogP contribution in [0.25, 0.3) is 0 Å². The lowest BCUT2D eigenvalue weighted by Crippen LogP contribution is -2.44. The summed E-state index contributed by atoms with van der Waals surface area (Å²) in [5, 5.41) is 0. The van der Waals surface area contributed by atoms with Crippen LogP contribution < -0.4 is 0 Å². The Morgan fingerprint density at radius 3 is 2.50 bits per heavy atom. The molecule has 1 unspecified atom stereocenters. The van der Waals surface area contributed by atoms with Gasteiger partial charge >= 0.3 is 0 Å². The minimum absolute atomic E-state index is 0.102. The molecule has 1 heterocycles. The lowest BCUT2D eigenvalue weighted by molar-refractivity contribution is -0.217. The maximum atomic E-state index is 11.2. The van der Waals surface area contributed by atoms with Gasteiger partial charge in [-0.25, -0.2) is 0 Å². The molecule has 2 rings (SSSR count). The number of ether oxygens (including phenoxy) is 2. The van der Waals surface area contributed by atoms with Crippen LogP contribution in [0.4, 0.5) is 0 Å². The molecule has 1 aliphatic heterocycles. The molecule has 0 radical (unpaired) electrons. The van der Waals surface area contributed by atoms with E-state index in [1.165, 1.54) is 0 Å². The number of hydrogen-bond donors (Lipinski definition) is 0. The standard InChI is InChI=1S/C11H18O3/c1-9(12)8-10(2)4-3-5-11(10)13-6-7-14-11/h3-8H2,1-2H3. The molecule has 3 nitrogen and oxygen atoms in total. The van der Waals surface area contributed by atoms with Crippen molar-refractivity contribution in [2.75, 3.05) is 13.2 Å². The predicted molar refractivity (Wildman–Crippen MR) is 51.9 cm³/mol. The van der Waals surface area contributed by atoms with E-state index in [-0.39, 0.29) is 11.2 Å². The van der Waals surface area contributed by atoms with Gasteiger partial charge in [0, 0.05) is 18.3 Å². The average Bonchev–Trinajstić information content (AvgIpc) is 2.62. The third-order valence-electron chi connectivity index (χ3n) is 3.55. The quantitative estimate of drug-likeness (QED) is 0.679. The molecule has 1 atom stereocenters. The van der Waals surface area contributed by atoms with Crippen molar-refractivity contribution in [1.29, 1.82) is 0 Å². The van der Waals surface area contributed by atoms with Crippen molar-refractivity contribution in [3.05, 3.63) is 0 Å². The maximum Gasteiger partial charge on any atom is 0.174 e. The summed E-state index contributed by atoms with van der Waals surface area (Å²) in [6, 6.07) is 0. The van der Waals surface area contributed by atoms with Gasteiger partial charge in [-0.1, -0.05) is 6.92 Å². The summed E-state index contributed by atoms with van der Waals surface area (Å²) in [6.45, 7) is 5.11. The molecular formula is C11H18O3. The third-order valence-corrected chi connectivity index (χ3v) is 3.55. The first-order valence-corrected chi connectivity index (χ1v) is 5.35. The molecular weight excluding hydrogens is 180 g/mol. The monoisotopic (exact) mass is 198 g/mol. The highest BCUT2D eigenvalue weighted by molar-refractivity contribution is 5.76. The molecule has 0 aromatic rings. The Hall–Kier alpha value is -0.410. The Labute approximate surface area is 84.8 Å². The zero-order chi connectivity index (χ0) is 10.2.